The number of H-pyrrole nitrogens is 1. The van der Waals surface area contributed by atoms with Gasteiger partial charge in [0, 0.05) is 36.9 Å². The Hall–Kier alpha value is -6.05. The quantitative estimate of drug-likeness (QED) is 0.0484. The molecule has 12 N–H and O–H groups in total. The monoisotopic (exact) mass is 829 g/mol. The average Bonchev–Trinajstić information content (AvgIpc) is 3.58. The second-order valence-electron chi connectivity index (χ2n) is 15.1. The Bertz CT molecular complexity index is 1850. The highest BCUT2D eigenvalue weighted by Crippen LogP contribution is 2.21. The summed E-state index contributed by atoms with van der Waals surface area (Å²) < 4.78 is 0. The van der Waals surface area contributed by atoms with E-state index in [-0.39, 0.29) is 17.4 Å². The molecule has 0 aliphatic carbocycles. The van der Waals surface area contributed by atoms with Gasteiger partial charge >= 0.3 is 5.97 Å². The molecule has 1 aromatic heterocycles. The van der Waals surface area contributed by atoms with E-state index < -0.39 is 121 Å². The molecule has 326 valence electrons. The van der Waals surface area contributed by atoms with Crippen LogP contribution in [-0.2, 0) is 49.6 Å². The van der Waals surface area contributed by atoms with Crippen molar-refractivity contribution >= 4 is 64.1 Å². The zero-order chi connectivity index (χ0) is 44.7. The maximum absolute atomic E-state index is 14.4. The summed E-state index contributed by atoms with van der Waals surface area (Å²) >= 11 is 0. The van der Waals surface area contributed by atoms with Gasteiger partial charge in [0.1, 0.15) is 36.3 Å². The maximum atomic E-state index is 14.4. The molecule has 1 heterocycles. The van der Waals surface area contributed by atoms with Crippen molar-refractivity contribution in [3.63, 3.8) is 0 Å². The third-order valence-corrected chi connectivity index (χ3v) is 10.1. The number of amides is 8. The molecular formula is C39H59N9O11. The lowest BCUT2D eigenvalue weighted by molar-refractivity contribution is -0.183. The smallest absolute Gasteiger partial charge is 0.305 e. The number of nitrogens with zero attached hydrogens (tertiary/aromatic N) is 1. The number of fused-ring (bicyclic) bond motifs is 1. The first-order valence-corrected chi connectivity index (χ1v) is 19.5. The first-order chi connectivity index (χ1) is 27.6. The molecule has 8 atom stereocenters. The van der Waals surface area contributed by atoms with Crippen molar-refractivity contribution in [2.24, 2.45) is 29.2 Å². The predicted molar refractivity (Wildman–Crippen MR) is 213 cm³/mol. The summed E-state index contributed by atoms with van der Waals surface area (Å²) in [6.45, 7) is 11.4. The summed E-state index contributed by atoms with van der Waals surface area (Å²) in [6, 6.07) is -1.71. The number of nitrogens with two attached hydrogens (primary N) is 2. The Morgan fingerprint density at radius 2 is 1.27 bits per heavy atom. The molecule has 59 heavy (non-hydrogen) atoms. The molecule has 20 nitrogen and oxygen atoms in total. The minimum absolute atomic E-state index is 0.0383. The van der Waals surface area contributed by atoms with Crippen LogP contribution < -0.4 is 38.1 Å². The van der Waals surface area contributed by atoms with Gasteiger partial charge in [0.15, 0.2) is 0 Å². The van der Waals surface area contributed by atoms with Crippen molar-refractivity contribution in [1.29, 1.82) is 0 Å². The summed E-state index contributed by atoms with van der Waals surface area (Å²) in [5, 5.41) is 34.0. The second-order valence-corrected chi connectivity index (χ2v) is 15.1. The van der Waals surface area contributed by atoms with E-state index in [1.54, 1.807) is 51.2 Å². The number of hydroxylamine groups is 2. The lowest BCUT2D eigenvalue weighted by atomic mass is 9.94. The number of hydrogen-bond donors (Lipinski definition) is 10. The summed E-state index contributed by atoms with van der Waals surface area (Å²) in [7, 11) is 0. The minimum atomic E-state index is -1.88. The fourth-order valence-electron chi connectivity index (χ4n) is 6.25. The highest BCUT2D eigenvalue weighted by Gasteiger charge is 2.39. The van der Waals surface area contributed by atoms with E-state index in [0.717, 1.165) is 0 Å². The van der Waals surface area contributed by atoms with Crippen molar-refractivity contribution in [3.8, 4) is 0 Å². The number of aromatic amines is 1. The number of hydrogen-bond acceptors (Lipinski definition) is 10. The van der Waals surface area contributed by atoms with E-state index in [2.05, 4.69) is 31.6 Å². The second kappa shape index (κ2) is 22.8. The topological polar surface area (TPSA) is 325 Å². The molecule has 0 fully saturated rings. The summed E-state index contributed by atoms with van der Waals surface area (Å²) in [5.74, 6) is -10.2. The third-order valence-electron chi connectivity index (χ3n) is 10.1. The third kappa shape index (κ3) is 14.4. The van der Waals surface area contributed by atoms with Crippen molar-refractivity contribution in [2.45, 2.75) is 123 Å². The van der Waals surface area contributed by atoms with Gasteiger partial charge in [-0.1, -0.05) is 72.6 Å². The molecule has 2 rings (SSSR count). The van der Waals surface area contributed by atoms with E-state index in [1.165, 1.54) is 20.8 Å². The van der Waals surface area contributed by atoms with Gasteiger partial charge < -0.3 is 48.1 Å². The Labute approximate surface area is 342 Å². The molecule has 0 aliphatic rings. The molecule has 20 heteroatoms. The first-order valence-electron chi connectivity index (χ1n) is 19.5. The Balaban J connectivity index is 2.58. The zero-order valence-electron chi connectivity index (χ0n) is 34.5. The number of nitrogens with one attached hydrogen (secondary N) is 6. The molecule has 1 aromatic carbocycles. The number of carboxylic acid groups (broad SMARTS) is 1. The highest BCUT2D eigenvalue weighted by molar-refractivity contribution is 5.98. The predicted octanol–water partition coefficient (Wildman–Crippen LogP) is -0.286. The molecule has 0 bridgehead atoms. The lowest BCUT2D eigenvalue weighted by Crippen LogP contribution is -2.62. The van der Waals surface area contributed by atoms with Gasteiger partial charge in [0.05, 0.1) is 6.42 Å². The summed E-state index contributed by atoms with van der Waals surface area (Å²) in [6.07, 6.45) is 0.374. The van der Waals surface area contributed by atoms with E-state index >= 15 is 0 Å². The van der Waals surface area contributed by atoms with Crippen molar-refractivity contribution < 1.29 is 53.5 Å². The van der Waals surface area contributed by atoms with Crippen LogP contribution in [0.25, 0.3) is 10.9 Å². The molecule has 0 radical (unpaired) electrons. The normalized spacial score (nSPS) is 15.3. The maximum Gasteiger partial charge on any atom is 0.305 e. The van der Waals surface area contributed by atoms with Crippen molar-refractivity contribution in [2.75, 3.05) is 0 Å². The number of benzene rings is 1. The van der Waals surface area contributed by atoms with E-state index in [1.807, 2.05) is 6.92 Å². The van der Waals surface area contributed by atoms with Crippen LogP contribution in [0.1, 0.15) is 86.1 Å². The minimum Gasteiger partial charge on any atom is -0.481 e. The first kappa shape index (κ1) is 49.1. The number of carbonyl (C=O) groups excluding carboxylic acids is 8. The van der Waals surface area contributed by atoms with E-state index in [9.17, 15) is 48.4 Å². The van der Waals surface area contributed by atoms with Gasteiger partial charge in [-0.25, -0.2) is 5.06 Å². The van der Waals surface area contributed by atoms with E-state index in [0.29, 0.717) is 29.3 Å². The summed E-state index contributed by atoms with van der Waals surface area (Å²) in [5.41, 5.74) is 11.8. The molecular weight excluding hydrogens is 770 g/mol. The molecule has 0 spiro atoms. The standard InChI is InChI=1S/C39H59N9O11/c1-8-20(5)32(43-22(7)49)38(57)47-33(21(6)9-2)37(56)45-27(16-23-18-42-25-13-11-10-12-24(23)25)39(58)48(59)28(14-15-29(40)50)35(54)46-31(19(3)4)36(55)44-26(34(41)53)17-30(51)52/h10-13,18-21,26-28,31-33,42,59H,8-9,14-17H2,1-7H3,(H2,40,50)(H2,41,53)(H,43,49)(H,44,55)(H,45,56)(H,46,54)(H,47,57)(H,51,52)/t20-,21-,26-,27-,28-,31-,32-,33-/m0/s1. The zero-order valence-corrected chi connectivity index (χ0v) is 34.5. The van der Waals surface area contributed by atoms with Gasteiger partial charge in [-0.2, -0.15) is 0 Å². The van der Waals surface area contributed by atoms with Gasteiger partial charge in [-0.15, -0.1) is 0 Å². The molecule has 0 saturated carbocycles. The van der Waals surface area contributed by atoms with Crippen LogP contribution >= 0.6 is 0 Å². The fourth-order valence-corrected chi connectivity index (χ4v) is 6.25. The number of aromatic nitrogens is 1. The molecule has 2 aromatic rings. The average molecular weight is 830 g/mol. The number of carbonyl (C=O) groups is 9. The van der Waals surface area contributed by atoms with Gasteiger partial charge in [0.2, 0.25) is 41.4 Å². The van der Waals surface area contributed by atoms with Crippen LogP contribution in [0, 0.1) is 17.8 Å². The van der Waals surface area contributed by atoms with Crippen LogP contribution in [0.4, 0.5) is 0 Å². The number of rotatable bonds is 24. The number of primary amides is 2. The van der Waals surface area contributed by atoms with Crippen LogP contribution in [-0.4, -0.2) is 110 Å². The Kier molecular flexibility index (Phi) is 19.0. The van der Waals surface area contributed by atoms with E-state index in [4.69, 9.17) is 16.6 Å². The largest absolute Gasteiger partial charge is 0.481 e. The molecule has 8 amide bonds. The fraction of sp³-hybridized carbons (Fsp3) is 0.564. The number of aliphatic carboxylic acids is 1. The van der Waals surface area contributed by atoms with Crippen LogP contribution in [0.2, 0.25) is 0 Å². The van der Waals surface area contributed by atoms with Crippen LogP contribution in [0.5, 0.6) is 0 Å². The lowest BCUT2D eigenvalue weighted by Gasteiger charge is -2.32. The molecule has 0 aliphatic heterocycles. The Morgan fingerprint density at radius 3 is 1.80 bits per heavy atom. The highest BCUT2D eigenvalue weighted by atomic mass is 16.5. The SMILES string of the molecule is CC[C@H](C)[C@H](NC(C)=O)C(=O)N[C@H](C(=O)N[C@@H](Cc1c[nH]c2ccccc12)C(=O)N(O)[C@@H](CCC(N)=O)C(=O)N[C@H](C(=O)N[C@@H](CC(=O)O)C(N)=O)C(C)C)[C@@H](C)CC. The van der Waals surface area contributed by atoms with Gasteiger partial charge in [0.25, 0.3) is 5.91 Å². The number of para-hydroxylation sites is 1. The van der Waals surface area contributed by atoms with Gasteiger partial charge in [-0.05, 0) is 35.8 Å². The number of carboxylic acids is 1. The Morgan fingerprint density at radius 1 is 0.746 bits per heavy atom. The van der Waals surface area contributed by atoms with Crippen molar-refractivity contribution in [3.05, 3.63) is 36.0 Å². The molecule has 0 saturated heterocycles. The van der Waals surface area contributed by atoms with Crippen LogP contribution in [0.15, 0.2) is 30.5 Å². The van der Waals surface area contributed by atoms with Crippen LogP contribution in [0.3, 0.4) is 0 Å². The molecule has 0 unspecified atom stereocenters. The summed E-state index contributed by atoms with van der Waals surface area (Å²) in [4.78, 5) is 119. The van der Waals surface area contributed by atoms with Gasteiger partial charge in [-0.3, -0.25) is 48.4 Å². The van der Waals surface area contributed by atoms with Crippen molar-refractivity contribution in [1.82, 2.24) is 36.6 Å².